The number of carbonyl (C=O) groups is 3. The number of amides is 3. The molecule has 0 radical (unpaired) electrons. The van der Waals surface area contributed by atoms with Gasteiger partial charge in [-0.1, -0.05) is 37.3 Å². The fraction of sp³-hybridized carbons (Fsp3) is 0.438. The van der Waals surface area contributed by atoms with Gasteiger partial charge in [0.2, 0.25) is 0 Å². The van der Waals surface area contributed by atoms with E-state index in [0.29, 0.717) is 6.42 Å². The first-order valence-corrected chi connectivity index (χ1v) is 7.61. The number of urea groups is 1. The van der Waals surface area contributed by atoms with Gasteiger partial charge in [0.1, 0.15) is 12.1 Å². The zero-order chi connectivity index (χ0) is 18.1. The Morgan fingerprint density at radius 3 is 2.25 bits per heavy atom. The Hall–Kier alpha value is -2.61. The maximum Gasteiger partial charge on any atom is 0.325 e. The van der Waals surface area contributed by atoms with Crippen LogP contribution in [0.4, 0.5) is 4.79 Å². The first-order chi connectivity index (χ1) is 11.3. The van der Waals surface area contributed by atoms with E-state index in [1.165, 1.54) is 12.4 Å². The summed E-state index contributed by atoms with van der Waals surface area (Å²) in [7, 11) is 0. The minimum Gasteiger partial charge on any atom is -0.480 e. The number of carbonyl (C=O) groups excluding carboxylic acids is 2. The molecule has 8 heteroatoms. The summed E-state index contributed by atoms with van der Waals surface area (Å²) < 4.78 is 0. The third-order valence-corrected chi connectivity index (χ3v) is 3.52. The van der Waals surface area contributed by atoms with Crippen molar-refractivity contribution in [3.63, 3.8) is 0 Å². The van der Waals surface area contributed by atoms with E-state index in [2.05, 4.69) is 10.6 Å². The van der Waals surface area contributed by atoms with Crippen LogP contribution in [-0.4, -0.2) is 40.3 Å². The zero-order valence-corrected chi connectivity index (χ0v) is 13.7. The lowest BCUT2D eigenvalue weighted by atomic mass is 9.94. The number of hydrogen-bond donors (Lipinski definition) is 5. The Morgan fingerprint density at radius 1 is 1.08 bits per heavy atom. The van der Waals surface area contributed by atoms with Gasteiger partial charge < -0.3 is 15.7 Å². The molecular formula is C16H23N3O5. The summed E-state index contributed by atoms with van der Waals surface area (Å²) in [6.45, 7) is 3.23. The SMILES string of the molecule is CC(Cc1ccccc1)CC(NC(=O)NC(C)C(=O)O)C(=O)NO. The Morgan fingerprint density at radius 2 is 1.71 bits per heavy atom. The summed E-state index contributed by atoms with van der Waals surface area (Å²) in [5.74, 6) is -1.90. The molecule has 0 saturated carbocycles. The molecule has 0 spiro atoms. The summed E-state index contributed by atoms with van der Waals surface area (Å²) >= 11 is 0. The average Bonchev–Trinajstić information content (AvgIpc) is 2.54. The lowest BCUT2D eigenvalue weighted by Crippen LogP contribution is -2.52. The predicted octanol–water partition coefficient (Wildman–Crippen LogP) is 0.902. The van der Waals surface area contributed by atoms with Crippen LogP contribution in [0.5, 0.6) is 0 Å². The normalized spacial score (nSPS) is 14.1. The maximum absolute atomic E-state index is 11.8. The molecule has 132 valence electrons. The van der Waals surface area contributed by atoms with Crippen molar-refractivity contribution in [2.45, 2.75) is 38.8 Å². The standard InChI is InChI=1S/C16H23N3O5/c1-10(8-12-6-4-3-5-7-12)9-13(14(20)19-24)18-16(23)17-11(2)15(21)22/h3-7,10-11,13,24H,8-9H2,1-2H3,(H,19,20)(H,21,22)(H2,17,18,23). The number of benzene rings is 1. The van der Waals surface area contributed by atoms with E-state index < -0.39 is 30.0 Å². The van der Waals surface area contributed by atoms with E-state index >= 15 is 0 Å². The number of rotatable bonds is 8. The van der Waals surface area contributed by atoms with E-state index in [1.54, 1.807) is 0 Å². The highest BCUT2D eigenvalue weighted by Crippen LogP contribution is 2.14. The summed E-state index contributed by atoms with van der Waals surface area (Å²) in [5, 5.41) is 22.2. The lowest BCUT2D eigenvalue weighted by Gasteiger charge is -2.21. The highest BCUT2D eigenvalue weighted by molar-refractivity contribution is 5.88. The number of hydrogen-bond acceptors (Lipinski definition) is 4. The summed E-state index contributed by atoms with van der Waals surface area (Å²) in [6, 6.07) is 6.81. The van der Waals surface area contributed by atoms with E-state index in [9.17, 15) is 14.4 Å². The van der Waals surface area contributed by atoms with Crippen LogP contribution in [0.3, 0.4) is 0 Å². The van der Waals surface area contributed by atoms with Crippen LogP contribution in [0, 0.1) is 5.92 Å². The highest BCUT2D eigenvalue weighted by Gasteiger charge is 2.24. The van der Waals surface area contributed by atoms with Gasteiger partial charge in [-0.3, -0.25) is 14.8 Å². The second-order valence-corrected chi connectivity index (χ2v) is 5.74. The van der Waals surface area contributed by atoms with Gasteiger partial charge in [0.15, 0.2) is 0 Å². The molecule has 8 nitrogen and oxygen atoms in total. The Balaban J connectivity index is 2.63. The van der Waals surface area contributed by atoms with Crippen molar-refractivity contribution in [2.75, 3.05) is 0 Å². The number of carboxylic acids is 1. The minimum atomic E-state index is -1.19. The van der Waals surface area contributed by atoms with Crippen LogP contribution in [0.15, 0.2) is 30.3 Å². The number of carboxylic acid groups (broad SMARTS) is 1. The molecule has 0 aliphatic carbocycles. The molecule has 0 fully saturated rings. The molecule has 3 amide bonds. The molecule has 0 saturated heterocycles. The minimum absolute atomic E-state index is 0.0481. The quantitative estimate of drug-likeness (QED) is 0.356. The molecule has 3 atom stereocenters. The van der Waals surface area contributed by atoms with E-state index in [1.807, 2.05) is 37.3 Å². The third kappa shape index (κ3) is 6.66. The molecule has 5 N–H and O–H groups in total. The molecule has 1 aromatic carbocycles. The van der Waals surface area contributed by atoms with Gasteiger partial charge in [-0.2, -0.15) is 0 Å². The van der Waals surface area contributed by atoms with Gasteiger partial charge in [0.25, 0.3) is 5.91 Å². The molecule has 0 bridgehead atoms. The molecule has 1 aromatic rings. The number of nitrogens with one attached hydrogen (secondary N) is 3. The fourth-order valence-corrected chi connectivity index (χ4v) is 2.27. The Bertz CT molecular complexity index is 564. The van der Waals surface area contributed by atoms with Crippen molar-refractivity contribution in [1.29, 1.82) is 0 Å². The van der Waals surface area contributed by atoms with Gasteiger partial charge in [0, 0.05) is 0 Å². The topological polar surface area (TPSA) is 128 Å². The fourth-order valence-electron chi connectivity index (χ4n) is 2.27. The van der Waals surface area contributed by atoms with Crippen LogP contribution in [0.2, 0.25) is 0 Å². The van der Waals surface area contributed by atoms with Crippen molar-refractivity contribution in [2.24, 2.45) is 5.92 Å². The molecule has 1 rings (SSSR count). The Labute approximate surface area is 140 Å². The van der Waals surface area contributed by atoms with Gasteiger partial charge in [-0.15, -0.1) is 0 Å². The van der Waals surface area contributed by atoms with E-state index in [-0.39, 0.29) is 12.3 Å². The summed E-state index contributed by atoms with van der Waals surface area (Å²) in [5.41, 5.74) is 2.61. The van der Waals surface area contributed by atoms with Crippen LogP contribution in [-0.2, 0) is 16.0 Å². The molecule has 0 heterocycles. The number of hydroxylamine groups is 1. The van der Waals surface area contributed by atoms with Crippen molar-refractivity contribution >= 4 is 17.9 Å². The summed E-state index contributed by atoms with van der Waals surface area (Å²) in [6.07, 6.45) is 0.987. The van der Waals surface area contributed by atoms with Gasteiger partial charge >= 0.3 is 12.0 Å². The van der Waals surface area contributed by atoms with Crippen molar-refractivity contribution in [3.05, 3.63) is 35.9 Å². The monoisotopic (exact) mass is 337 g/mol. The van der Waals surface area contributed by atoms with E-state index in [4.69, 9.17) is 10.3 Å². The maximum atomic E-state index is 11.8. The Kier molecular flexibility index (Phi) is 7.70. The van der Waals surface area contributed by atoms with Gasteiger partial charge in [-0.25, -0.2) is 10.3 Å². The smallest absolute Gasteiger partial charge is 0.325 e. The van der Waals surface area contributed by atoms with Gasteiger partial charge in [-0.05, 0) is 31.2 Å². The van der Waals surface area contributed by atoms with Crippen molar-refractivity contribution in [3.8, 4) is 0 Å². The molecule has 3 unspecified atom stereocenters. The average molecular weight is 337 g/mol. The first kappa shape index (κ1) is 19.4. The molecule has 24 heavy (non-hydrogen) atoms. The highest BCUT2D eigenvalue weighted by atomic mass is 16.5. The molecule has 0 aliphatic rings. The second kappa shape index (κ2) is 9.51. The largest absolute Gasteiger partial charge is 0.480 e. The molecule has 0 aromatic heterocycles. The third-order valence-electron chi connectivity index (χ3n) is 3.52. The number of aliphatic carboxylic acids is 1. The first-order valence-electron chi connectivity index (χ1n) is 7.61. The van der Waals surface area contributed by atoms with Crippen molar-refractivity contribution in [1.82, 2.24) is 16.1 Å². The lowest BCUT2D eigenvalue weighted by molar-refractivity contribution is -0.138. The van der Waals surface area contributed by atoms with Crippen LogP contribution in [0.25, 0.3) is 0 Å². The molecule has 0 aliphatic heterocycles. The van der Waals surface area contributed by atoms with Crippen LogP contribution < -0.4 is 16.1 Å². The van der Waals surface area contributed by atoms with Crippen molar-refractivity contribution < 1.29 is 24.7 Å². The summed E-state index contributed by atoms with van der Waals surface area (Å²) in [4.78, 5) is 34.2. The van der Waals surface area contributed by atoms with E-state index in [0.717, 1.165) is 5.56 Å². The van der Waals surface area contributed by atoms with Crippen LogP contribution >= 0.6 is 0 Å². The second-order valence-electron chi connectivity index (χ2n) is 5.74. The predicted molar refractivity (Wildman–Crippen MR) is 86.4 cm³/mol. The zero-order valence-electron chi connectivity index (χ0n) is 13.7. The van der Waals surface area contributed by atoms with Crippen LogP contribution in [0.1, 0.15) is 25.8 Å². The molecular weight excluding hydrogens is 314 g/mol. The van der Waals surface area contributed by atoms with Gasteiger partial charge in [0.05, 0.1) is 0 Å².